The van der Waals surface area contributed by atoms with E-state index in [1.807, 2.05) is 0 Å². The Kier molecular flexibility index (Phi) is 1.27. The van der Waals surface area contributed by atoms with E-state index < -0.39 is 11.5 Å². The van der Waals surface area contributed by atoms with Crippen LogP contribution in [0.1, 0.15) is 25.7 Å². The molecular weight excluding hydrogens is 142 g/mol. The van der Waals surface area contributed by atoms with E-state index in [-0.39, 0.29) is 5.92 Å². The van der Waals surface area contributed by atoms with Gasteiger partial charge in [-0.05, 0) is 31.1 Å². The lowest BCUT2D eigenvalue weighted by Crippen LogP contribution is -2.52. The van der Waals surface area contributed by atoms with Gasteiger partial charge in [0, 0.05) is 0 Å². The maximum atomic E-state index is 10.8. The van der Waals surface area contributed by atoms with Crippen LogP contribution in [-0.4, -0.2) is 16.6 Å². The molecule has 2 fully saturated rings. The number of hydrogen-bond acceptors (Lipinski definition) is 2. The number of carboxylic acid groups (broad SMARTS) is 1. The van der Waals surface area contributed by atoms with Crippen molar-refractivity contribution in [2.75, 3.05) is 0 Å². The first-order valence-electron chi connectivity index (χ1n) is 4.15. The smallest absolute Gasteiger partial charge is 0.323 e. The lowest BCUT2D eigenvalue weighted by Gasteiger charge is -2.28. The summed E-state index contributed by atoms with van der Waals surface area (Å²) in [4.78, 5) is 10.8. The van der Waals surface area contributed by atoms with Gasteiger partial charge in [0.25, 0.3) is 0 Å². The molecule has 11 heavy (non-hydrogen) atoms. The van der Waals surface area contributed by atoms with Crippen molar-refractivity contribution in [3.63, 3.8) is 0 Å². The molecular formula is C8H13NO2. The van der Waals surface area contributed by atoms with Crippen molar-refractivity contribution < 1.29 is 9.90 Å². The maximum Gasteiger partial charge on any atom is 0.323 e. The van der Waals surface area contributed by atoms with Crippen LogP contribution in [0.15, 0.2) is 0 Å². The average Bonchev–Trinajstić information content (AvgIpc) is 2.45. The zero-order valence-corrected chi connectivity index (χ0v) is 6.42. The van der Waals surface area contributed by atoms with Gasteiger partial charge in [0.05, 0.1) is 0 Å². The predicted molar refractivity (Wildman–Crippen MR) is 40.0 cm³/mol. The van der Waals surface area contributed by atoms with E-state index in [1.165, 1.54) is 6.42 Å². The lowest BCUT2D eigenvalue weighted by molar-refractivity contribution is -0.145. The van der Waals surface area contributed by atoms with E-state index in [0.29, 0.717) is 12.3 Å². The molecule has 3 nitrogen and oxygen atoms in total. The number of aliphatic carboxylic acids is 1. The van der Waals surface area contributed by atoms with Gasteiger partial charge in [-0.25, -0.2) is 0 Å². The van der Waals surface area contributed by atoms with Gasteiger partial charge in [-0.3, -0.25) is 4.79 Å². The van der Waals surface area contributed by atoms with E-state index in [1.54, 1.807) is 0 Å². The Morgan fingerprint density at radius 1 is 1.55 bits per heavy atom. The van der Waals surface area contributed by atoms with Crippen LogP contribution in [0.3, 0.4) is 0 Å². The highest BCUT2D eigenvalue weighted by molar-refractivity contribution is 5.79. The highest BCUT2D eigenvalue weighted by Crippen LogP contribution is 2.49. The monoisotopic (exact) mass is 155 g/mol. The van der Waals surface area contributed by atoms with Gasteiger partial charge in [-0.2, -0.15) is 0 Å². The van der Waals surface area contributed by atoms with Crippen molar-refractivity contribution in [1.29, 1.82) is 0 Å². The largest absolute Gasteiger partial charge is 0.480 e. The Morgan fingerprint density at radius 3 is 2.55 bits per heavy atom. The predicted octanol–water partition coefficient (Wildman–Crippen LogP) is 0.588. The summed E-state index contributed by atoms with van der Waals surface area (Å²) in [6.45, 7) is 0. The molecule has 0 aromatic rings. The van der Waals surface area contributed by atoms with Gasteiger partial charge in [-0.1, -0.05) is 6.42 Å². The average molecular weight is 155 g/mol. The van der Waals surface area contributed by atoms with Crippen LogP contribution < -0.4 is 5.73 Å². The van der Waals surface area contributed by atoms with Crippen LogP contribution in [-0.2, 0) is 4.79 Å². The lowest BCUT2D eigenvalue weighted by atomic mass is 9.82. The fraction of sp³-hybridized carbons (Fsp3) is 0.875. The van der Waals surface area contributed by atoms with Crippen LogP contribution in [0.4, 0.5) is 0 Å². The third-order valence-electron chi connectivity index (χ3n) is 3.29. The number of carbonyl (C=O) groups is 1. The summed E-state index contributed by atoms with van der Waals surface area (Å²) in [7, 11) is 0. The van der Waals surface area contributed by atoms with Gasteiger partial charge >= 0.3 is 5.97 Å². The van der Waals surface area contributed by atoms with Crippen LogP contribution in [0.25, 0.3) is 0 Å². The van der Waals surface area contributed by atoms with Crippen molar-refractivity contribution in [2.24, 2.45) is 17.6 Å². The second-order valence-corrected chi connectivity index (χ2v) is 3.93. The first kappa shape index (κ1) is 7.10. The molecule has 2 aliphatic rings. The molecule has 2 saturated carbocycles. The Morgan fingerprint density at radius 2 is 2.27 bits per heavy atom. The molecule has 0 spiro atoms. The summed E-state index contributed by atoms with van der Waals surface area (Å²) in [6, 6.07) is 0. The molecule has 1 unspecified atom stereocenters. The third kappa shape index (κ3) is 0.805. The molecule has 62 valence electrons. The highest BCUT2D eigenvalue weighted by atomic mass is 16.4. The number of hydrogen-bond donors (Lipinski definition) is 2. The zero-order valence-electron chi connectivity index (χ0n) is 6.42. The van der Waals surface area contributed by atoms with Gasteiger partial charge in [0.15, 0.2) is 0 Å². The van der Waals surface area contributed by atoms with Gasteiger partial charge < -0.3 is 10.8 Å². The van der Waals surface area contributed by atoms with E-state index in [4.69, 9.17) is 10.8 Å². The Hall–Kier alpha value is -0.570. The quantitative estimate of drug-likeness (QED) is 0.582. The minimum absolute atomic E-state index is 0.255. The highest BCUT2D eigenvalue weighted by Gasteiger charge is 2.53. The molecule has 0 heterocycles. The fourth-order valence-corrected chi connectivity index (χ4v) is 2.63. The summed E-state index contributed by atoms with van der Waals surface area (Å²) in [5.74, 6) is 0.0517. The molecule has 3 N–H and O–H groups in total. The minimum atomic E-state index is -0.872. The van der Waals surface area contributed by atoms with Crippen LogP contribution >= 0.6 is 0 Å². The molecule has 0 aliphatic heterocycles. The molecule has 0 aromatic carbocycles. The van der Waals surface area contributed by atoms with Gasteiger partial charge in [-0.15, -0.1) is 0 Å². The van der Waals surface area contributed by atoms with Crippen LogP contribution in [0, 0.1) is 11.8 Å². The molecule has 2 bridgehead atoms. The topological polar surface area (TPSA) is 63.3 Å². The number of carboxylic acids is 1. The standard InChI is InChI=1S/C8H13NO2/c9-8(7(10)11)4-5-1-2-6(8)3-5/h5-6H,1-4,9H2,(H,10,11)/t5?,6-,8+/m0/s1. The Bertz CT molecular complexity index is 204. The zero-order chi connectivity index (χ0) is 8.06. The van der Waals surface area contributed by atoms with Gasteiger partial charge in [0.1, 0.15) is 5.54 Å². The molecule has 0 amide bonds. The van der Waals surface area contributed by atoms with Crippen molar-refractivity contribution in [1.82, 2.24) is 0 Å². The van der Waals surface area contributed by atoms with E-state index in [9.17, 15) is 4.79 Å². The fourth-order valence-electron chi connectivity index (χ4n) is 2.63. The number of rotatable bonds is 1. The number of fused-ring (bicyclic) bond motifs is 2. The molecule has 3 atom stereocenters. The SMILES string of the molecule is N[C@]1(C(=O)O)CC2CC[C@H]1C2. The Balaban J connectivity index is 2.23. The minimum Gasteiger partial charge on any atom is -0.480 e. The maximum absolute atomic E-state index is 10.8. The summed E-state index contributed by atoms with van der Waals surface area (Å²) in [5, 5.41) is 8.87. The van der Waals surface area contributed by atoms with Crippen LogP contribution in [0.5, 0.6) is 0 Å². The van der Waals surface area contributed by atoms with Crippen LogP contribution in [0.2, 0.25) is 0 Å². The van der Waals surface area contributed by atoms with Gasteiger partial charge in [0.2, 0.25) is 0 Å². The van der Waals surface area contributed by atoms with Crippen molar-refractivity contribution in [3.05, 3.63) is 0 Å². The summed E-state index contributed by atoms with van der Waals surface area (Å²) in [5.41, 5.74) is 4.92. The van der Waals surface area contributed by atoms with Crippen molar-refractivity contribution in [2.45, 2.75) is 31.2 Å². The third-order valence-corrected chi connectivity index (χ3v) is 3.29. The number of nitrogens with two attached hydrogens (primary N) is 1. The van der Waals surface area contributed by atoms with E-state index >= 15 is 0 Å². The second kappa shape index (κ2) is 1.97. The first-order valence-corrected chi connectivity index (χ1v) is 4.15. The molecule has 0 radical (unpaired) electrons. The molecule has 0 aromatic heterocycles. The normalized spacial score (nSPS) is 48.1. The summed E-state index contributed by atoms with van der Waals surface area (Å²) >= 11 is 0. The molecule has 3 heteroatoms. The molecule has 2 aliphatic carbocycles. The summed E-state index contributed by atoms with van der Waals surface area (Å²) in [6.07, 6.45) is 3.96. The van der Waals surface area contributed by atoms with Crippen molar-refractivity contribution in [3.8, 4) is 0 Å². The second-order valence-electron chi connectivity index (χ2n) is 3.93. The Labute approximate surface area is 65.6 Å². The molecule has 0 saturated heterocycles. The first-order chi connectivity index (χ1) is 5.13. The van der Waals surface area contributed by atoms with Crippen molar-refractivity contribution >= 4 is 5.97 Å². The molecule has 2 rings (SSSR count). The summed E-state index contributed by atoms with van der Waals surface area (Å²) < 4.78 is 0. The van der Waals surface area contributed by atoms with E-state index in [2.05, 4.69) is 0 Å². The van der Waals surface area contributed by atoms with E-state index in [0.717, 1.165) is 12.8 Å².